The fraction of sp³-hybridized carbons (Fsp3) is 0.588. The van der Waals surface area contributed by atoms with Crippen LogP contribution < -0.4 is 20.5 Å². The van der Waals surface area contributed by atoms with Crippen LogP contribution in [0.1, 0.15) is 38.7 Å². The normalized spacial score (nSPS) is 11.1. The first-order chi connectivity index (χ1) is 10.5. The maximum atomic E-state index is 12.2. The van der Waals surface area contributed by atoms with Crippen LogP contribution in [0.2, 0.25) is 0 Å². The summed E-state index contributed by atoms with van der Waals surface area (Å²) in [5, 5.41) is 3.08. The Morgan fingerprint density at radius 1 is 1.14 bits per heavy atom. The Balaban J connectivity index is 2.67. The van der Waals surface area contributed by atoms with Gasteiger partial charge in [0.1, 0.15) is 11.5 Å². The summed E-state index contributed by atoms with van der Waals surface area (Å²) in [4.78, 5) is 12.2. The summed E-state index contributed by atoms with van der Waals surface area (Å²) in [7, 11) is 3.23. The zero-order valence-corrected chi connectivity index (χ0v) is 14.1. The number of hydrogen-bond donors (Lipinski definition) is 2. The van der Waals surface area contributed by atoms with Gasteiger partial charge < -0.3 is 20.5 Å². The van der Waals surface area contributed by atoms with Crippen molar-refractivity contribution in [3.63, 3.8) is 0 Å². The molecule has 1 aromatic carbocycles. The van der Waals surface area contributed by atoms with Gasteiger partial charge in [-0.1, -0.05) is 13.8 Å². The van der Waals surface area contributed by atoms with Crippen LogP contribution in [0.5, 0.6) is 11.5 Å². The van der Waals surface area contributed by atoms with Gasteiger partial charge in [-0.3, -0.25) is 4.79 Å². The minimum atomic E-state index is -0.289. The van der Waals surface area contributed by atoms with E-state index in [-0.39, 0.29) is 11.4 Å². The van der Waals surface area contributed by atoms with Gasteiger partial charge in [-0.05, 0) is 37.0 Å². The summed E-state index contributed by atoms with van der Waals surface area (Å²) in [5.74, 6) is 1.48. The largest absolute Gasteiger partial charge is 0.497 e. The van der Waals surface area contributed by atoms with Gasteiger partial charge in [-0.15, -0.1) is 0 Å². The van der Waals surface area contributed by atoms with E-state index in [4.69, 9.17) is 15.2 Å². The van der Waals surface area contributed by atoms with Gasteiger partial charge in [-0.25, -0.2) is 0 Å². The smallest absolute Gasteiger partial charge is 0.220 e. The molecule has 1 aromatic rings. The molecule has 0 atom stereocenters. The van der Waals surface area contributed by atoms with Crippen LogP contribution in [0.3, 0.4) is 0 Å². The zero-order chi connectivity index (χ0) is 16.6. The number of benzene rings is 1. The zero-order valence-electron chi connectivity index (χ0n) is 14.1. The highest BCUT2D eigenvalue weighted by Crippen LogP contribution is 2.23. The average Bonchev–Trinajstić information content (AvgIpc) is 2.57. The minimum absolute atomic E-state index is 0.0240. The average molecular weight is 308 g/mol. The number of methoxy groups -OCH3 is 2. The Morgan fingerprint density at radius 2 is 1.68 bits per heavy atom. The molecule has 124 valence electrons. The summed E-state index contributed by atoms with van der Waals surface area (Å²) in [6.45, 7) is 4.55. The molecule has 0 bridgehead atoms. The molecule has 0 aliphatic carbocycles. The van der Waals surface area contributed by atoms with Crippen LogP contribution in [-0.4, -0.2) is 32.2 Å². The third-order valence-electron chi connectivity index (χ3n) is 4.20. The van der Waals surface area contributed by atoms with Crippen LogP contribution in [-0.2, 0) is 11.2 Å². The van der Waals surface area contributed by atoms with Crippen molar-refractivity contribution in [1.82, 2.24) is 5.32 Å². The number of nitrogens with two attached hydrogens (primary N) is 1. The molecule has 22 heavy (non-hydrogen) atoms. The molecule has 1 rings (SSSR count). The van der Waals surface area contributed by atoms with Gasteiger partial charge in [0.2, 0.25) is 5.91 Å². The van der Waals surface area contributed by atoms with Gasteiger partial charge in [0.25, 0.3) is 0 Å². The quantitative estimate of drug-likeness (QED) is 0.734. The molecule has 5 nitrogen and oxygen atoms in total. The van der Waals surface area contributed by atoms with Gasteiger partial charge in [0, 0.05) is 19.0 Å². The molecule has 0 aliphatic rings. The van der Waals surface area contributed by atoms with Gasteiger partial charge in [0.15, 0.2) is 0 Å². The second-order valence-corrected chi connectivity index (χ2v) is 5.46. The van der Waals surface area contributed by atoms with E-state index in [0.29, 0.717) is 19.4 Å². The highest BCUT2D eigenvalue weighted by atomic mass is 16.5. The van der Waals surface area contributed by atoms with E-state index < -0.39 is 0 Å². The van der Waals surface area contributed by atoms with Crippen molar-refractivity contribution < 1.29 is 14.3 Å². The van der Waals surface area contributed by atoms with E-state index in [1.165, 1.54) is 0 Å². The highest BCUT2D eigenvalue weighted by molar-refractivity contribution is 5.77. The van der Waals surface area contributed by atoms with Crippen LogP contribution in [0.4, 0.5) is 0 Å². The van der Waals surface area contributed by atoms with Crippen LogP contribution in [0.25, 0.3) is 0 Å². The first-order valence-electron chi connectivity index (χ1n) is 7.75. The number of rotatable bonds is 9. The first kappa shape index (κ1) is 18.3. The molecule has 0 unspecified atom stereocenters. The van der Waals surface area contributed by atoms with Crippen molar-refractivity contribution in [2.24, 2.45) is 5.73 Å². The number of aryl methyl sites for hydroxylation is 1. The molecule has 0 saturated heterocycles. The Kier molecular flexibility index (Phi) is 7.18. The molecule has 0 radical (unpaired) electrons. The lowest BCUT2D eigenvalue weighted by atomic mass is 9.92. The van der Waals surface area contributed by atoms with Crippen LogP contribution >= 0.6 is 0 Å². The SMILES string of the molecule is CCC(CC)(CN)NC(=O)CCc1cc(OC)cc(OC)c1. The topological polar surface area (TPSA) is 73.6 Å². The summed E-state index contributed by atoms with van der Waals surface area (Å²) in [6, 6.07) is 5.66. The van der Waals surface area contributed by atoms with Crippen molar-refractivity contribution in [2.75, 3.05) is 20.8 Å². The molecule has 0 heterocycles. The lowest BCUT2D eigenvalue weighted by Crippen LogP contribution is -2.52. The molecule has 0 fully saturated rings. The third kappa shape index (κ3) is 4.91. The van der Waals surface area contributed by atoms with Gasteiger partial charge >= 0.3 is 0 Å². The maximum absolute atomic E-state index is 12.2. The predicted octanol–water partition coefficient (Wildman–Crippen LogP) is 2.27. The summed E-state index contributed by atoms with van der Waals surface area (Å²) >= 11 is 0. The van der Waals surface area contributed by atoms with Gasteiger partial charge in [0.05, 0.1) is 19.8 Å². The highest BCUT2D eigenvalue weighted by Gasteiger charge is 2.25. The predicted molar refractivity (Wildman–Crippen MR) is 88.4 cm³/mol. The third-order valence-corrected chi connectivity index (χ3v) is 4.20. The molecular weight excluding hydrogens is 280 g/mol. The number of nitrogens with one attached hydrogen (secondary N) is 1. The number of hydrogen-bond acceptors (Lipinski definition) is 4. The second-order valence-electron chi connectivity index (χ2n) is 5.46. The van der Waals surface area contributed by atoms with Crippen molar-refractivity contribution in [2.45, 2.75) is 45.1 Å². The van der Waals surface area contributed by atoms with E-state index in [9.17, 15) is 4.79 Å². The lowest BCUT2D eigenvalue weighted by Gasteiger charge is -2.31. The molecule has 0 spiro atoms. The van der Waals surface area contributed by atoms with E-state index in [2.05, 4.69) is 5.32 Å². The van der Waals surface area contributed by atoms with Gasteiger partial charge in [-0.2, -0.15) is 0 Å². The number of carbonyl (C=O) groups excluding carboxylic acids is 1. The summed E-state index contributed by atoms with van der Waals surface area (Å²) < 4.78 is 10.5. The number of carbonyl (C=O) groups is 1. The standard InChI is InChI=1S/C17H28N2O3/c1-5-17(6-2,12-18)19-16(20)8-7-13-9-14(21-3)11-15(10-13)22-4/h9-11H,5-8,12,18H2,1-4H3,(H,19,20). The Morgan fingerprint density at radius 3 is 2.09 bits per heavy atom. The van der Waals surface area contributed by atoms with E-state index in [0.717, 1.165) is 29.9 Å². The maximum Gasteiger partial charge on any atom is 0.220 e. The van der Waals surface area contributed by atoms with E-state index >= 15 is 0 Å². The number of amides is 1. The Labute approximate surface area is 133 Å². The Hall–Kier alpha value is -1.75. The minimum Gasteiger partial charge on any atom is -0.497 e. The van der Waals surface area contributed by atoms with Crippen molar-refractivity contribution >= 4 is 5.91 Å². The molecule has 1 amide bonds. The van der Waals surface area contributed by atoms with Crippen molar-refractivity contribution in [1.29, 1.82) is 0 Å². The van der Waals surface area contributed by atoms with Crippen molar-refractivity contribution in [3.05, 3.63) is 23.8 Å². The molecule has 3 N–H and O–H groups in total. The molecule has 0 aromatic heterocycles. The number of ether oxygens (including phenoxy) is 2. The Bertz CT molecular complexity index is 454. The van der Waals surface area contributed by atoms with Crippen LogP contribution in [0, 0.1) is 0 Å². The molecule has 5 heteroatoms. The van der Waals surface area contributed by atoms with E-state index in [1.54, 1.807) is 14.2 Å². The van der Waals surface area contributed by atoms with Crippen molar-refractivity contribution in [3.8, 4) is 11.5 Å². The fourth-order valence-electron chi connectivity index (χ4n) is 2.39. The summed E-state index contributed by atoms with van der Waals surface area (Å²) in [6.07, 6.45) is 2.71. The van der Waals surface area contributed by atoms with Crippen LogP contribution in [0.15, 0.2) is 18.2 Å². The lowest BCUT2D eigenvalue weighted by molar-refractivity contribution is -0.123. The molecule has 0 saturated carbocycles. The second kappa shape index (κ2) is 8.63. The molecular formula is C17H28N2O3. The fourth-order valence-corrected chi connectivity index (χ4v) is 2.39. The summed E-state index contributed by atoms with van der Waals surface area (Å²) in [5.41, 5.74) is 6.54. The molecule has 0 aliphatic heterocycles. The first-order valence-corrected chi connectivity index (χ1v) is 7.75. The monoisotopic (exact) mass is 308 g/mol. The van der Waals surface area contributed by atoms with E-state index in [1.807, 2.05) is 32.0 Å².